The number of unbranched alkanes of at least 4 members (excludes halogenated alkanes) is 1. The molecule has 0 aromatic rings. The molecular weight excluding hydrogens is 230 g/mol. The molecule has 1 heterocycles. The van der Waals surface area contributed by atoms with Gasteiger partial charge in [0.05, 0.1) is 11.5 Å². The summed E-state index contributed by atoms with van der Waals surface area (Å²) in [5, 5.41) is 9.03. The Hall–Kier alpha value is -0.610. The highest BCUT2D eigenvalue weighted by atomic mass is 16.5. The summed E-state index contributed by atoms with van der Waals surface area (Å²) >= 11 is 0. The number of carboxylic acids is 1. The predicted molar refractivity (Wildman–Crippen MR) is 71.7 cm³/mol. The van der Waals surface area contributed by atoms with Crippen LogP contribution in [0.2, 0.25) is 0 Å². The van der Waals surface area contributed by atoms with Crippen LogP contribution in [0.3, 0.4) is 0 Å². The van der Waals surface area contributed by atoms with Gasteiger partial charge >= 0.3 is 5.97 Å². The molecule has 0 aromatic heterocycles. The molecule has 0 spiro atoms. The molecule has 1 N–H and O–H groups in total. The van der Waals surface area contributed by atoms with E-state index in [0.29, 0.717) is 6.10 Å². The Balaban J connectivity index is 2.16. The summed E-state index contributed by atoms with van der Waals surface area (Å²) in [5.41, 5.74) is -0.586. The van der Waals surface area contributed by atoms with Gasteiger partial charge in [0.25, 0.3) is 0 Å². The lowest BCUT2D eigenvalue weighted by atomic mass is 9.87. The van der Waals surface area contributed by atoms with Crippen LogP contribution in [0, 0.1) is 5.41 Å². The van der Waals surface area contributed by atoms with E-state index in [1.54, 1.807) is 21.0 Å². The molecule has 0 radical (unpaired) electrons. The number of carbonyl (C=O) groups is 1. The van der Waals surface area contributed by atoms with Crippen molar-refractivity contribution in [2.24, 2.45) is 5.41 Å². The quantitative estimate of drug-likeness (QED) is 0.711. The Kier molecular flexibility index (Phi) is 6.09. The average Bonchev–Trinajstić information content (AvgIpc) is 2.35. The smallest absolute Gasteiger partial charge is 0.309 e. The molecular formula is C14H27NO3. The zero-order valence-corrected chi connectivity index (χ0v) is 11.9. The summed E-state index contributed by atoms with van der Waals surface area (Å²) < 4.78 is 5.39. The van der Waals surface area contributed by atoms with Crippen LogP contribution in [0.5, 0.6) is 0 Å². The van der Waals surface area contributed by atoms with Gasteiger partial charge in [0.15, 0.2) is 0 Å². The van der Waals surface area contributed by atoms with Crippen LogP contribution in [-0.4, -0.2) is 48.8 Å². The van der Waals surface area contributed by atoms with Crippen molar-refractivity contribution in [1.29, 1.82) is 0 Å². The Labute approximate surface area is 110 Å². The van der Waals surface area contributed by atoms with Crippen molar-refractivity contribution in [2.75, 3.05) is 26.7 Å². The van der Waals surface area contributed by atoms with Gasteiger partial charge in [-0.15, -0.1) is 0 Å². The zero-order chi connectivity index (χ0) is 13.6. The summed E-state index contributed by atoms with van der Waals surface area (Å²) in [5.74, 6) is -0.695. The molecule has 1 unspecified atom stereocenters. The highest BCUT2D eigenvalue weighted by Crippen LogP contribution is 2.23. The first-order valence-corrected chi connectivity index (χ1v) is 6.94. The van der Waals surface area contributed by atoms with Crippen molar-refractivity contribution in [1.82, 2.24) is 4.90 Å². The second-order valence-corrected chi connectivity index (χ2v) is 5.95. The molecule has 0 saturated carbocycles. The van der Waals surface area contributed by atoms with E-state index in [0.717, 1.165) is 38.9 Å². The van der Waals surface area contributed by atoms with Crippen molar-refractivity contribution in [2.45, 2.75) is 52.1 Å². The fourth-order valence-corrected chi connectivity index (χ4v) is 2.42. The molecule has 0 amide bonds. The van der Waals surface area contributed by atoms with Crippen LogP contribution in [0.4, 0.5) is 0 Å². The molecule has 4 nitrogen and oxygen atoms in total. The first-order valence-electron chi connectivity index (χ1n) is 6.94. The van der Waals surface area contributed by atoms with E-state index in [9.17, 15) is 4.79 Å². The first kappa shape index (κ1) is 15.4. The number of hydrogen-bond donors (Lipinski definition) is 1. The van der Waals surface area contributed by atoms with Gasteiger partial charge in [-0.3, -0.25) is 4.79 Å². The molecule has 106 valence electrons. The molecule has 1 fully saturated rings. The van der Waals surface area contributed by atoms with E-state index in [1.807, 2.05) is 0 Å². The maximum atomic E-state index is 11.0. The number of aliphatic carboxylic acids is 1. The molecule has 1 aliphatic heterocycles. The second-order valence-electron chi connectivity index (χ2n) is 5.95. The minimum atomic E-state index is -0.695. The summed E-state index contributed by atoms with van der Waals surface area (Å²) in [6, 6.07) is 0. The highest BCUT2D eigenvalue weighted by Gasteiger charge is 2.26. The van der Waals surface area contributed by atoms with Crippen molar-refractivity contribution < 1.29 is 14.6 Å². The number of hydrogen-bond acceptors (Lipinski definition) is 3. The maximum absolute atomic E-state index is 11.0. The van der Waals surface area contributed by atoms with E-state index in [2.05, 4.69) is 4.90 Å². The molecule has 1 aliphatic rings. The van der Waals surface area contributed by atoms with Gasteiger partial charge in [-0.05, 0) is 52.6 Å². The van der Waals surface area contributed by atoms with Gasteiger partial charge in [-0.1, -0.05) is 6.42 Å². The minimum Gasteiger partial charge on any atom is -0.481 e. The van der Waals surface area contributed by atoms with E-state index < -0.39 is 11.4 Å². The molecule has 4 heteroatoms. The lowest BCUT2D eigenvalue weighted by molar-refractivity contribution is -0.147. The Morgan fingerprint density at radius 1 is 1.44 bits per heavy atom. The number of piperidine rings is 1. The third-order valence-corrected chi connectivity index (χ3v) is 3.90. The third kappa shape index (κ3) is 4.94. The number of ether oxygens (including phenoxy) is 1. The standard InChI is InChI=1S/C14H27NO3/c1-14(2,13(16)17)8-4-5-9-15-10-6-7-12(11-15)18-3/h12H,4-11H2,1-3H3,(H,16,17). The van der Waals surface area contributed by atoms with Crippen molar-refractivity contribution in [3.05, 3.63) is 0 Å². The largest absolute Gasteiger partial charge is 0.481 e. The van der Waals surface area contributed by atoms with Crippen LogP contribution < -0.4 is 0 Å². The Bertz CT molecular complexity index is 266. The van der Waals surface area contributed by atoms with Gasteiger partial charge in [0, 0.05) is 13.7 Å². The van der Waals surface area contributed by atoms with Gasteiger partial charge in [0.2, 0.25) is 0 Å². The fraction of sp³-hybridized carbons (Fsp3) is 0.929. The molecule has 18 heavy (non-hydrogen) atoms. The molecule has 1 rings (SSSR count). The highest BCUT2D eigenvalue weighted by molar-refractivity contribution is 5.73. The normalized spacial score (nSPS) is 22.1. The van der Waals surface area contributed by atoms with E-state index in [4.69, 9.17) is 9.84 Å². The topological polar surface area (TPSA) is 49.8 Å². The predicted octanol–water partition coefficient (Wildman–Crippen LogP) is 2.38. The average molecular weight is 257 g/mol. The van der Waals surface area contributed by atoms with Crippen molar-refractivity contribution in [3.8, 4) is 0 Å². The third-order valence-electron chi connectivity index (χ3n) is 3.90. The lowest BCUT2D eigenvalue weighted by Crippen LogP contribution is -2.39. The molecule has 0 bridgehead atoms. The second kappa shape index (κ2) is 7.10. The van der Waals surface area contributed by atoms with E-state index in [-0.39, 0.29) is 0 Å². The summed E-state index contributed by atoms with van der Waals surface area (Å²) in [4.78, 5) is 13.4. The number of likely N-dealkylation sites (tertiary alicyclic amines) is 1. The first-order chi connectivity index (χ1) is 8.45. The van der Waals surface area contributed by atoms with Crippen LogP contribution in [0.1, 0.15) is 46.0 Å². The Morgan fingerprint density at radius 3 is 2.78 bits per heavy atom. The maximum Gasteiger partial charge on any atom is 0.309 e. The van der Waals surface area contributed by atoms with Gasteiger partial charge in [0.1, 0.15) is 0 Å². The minimum absolute atomic E-state index is 0.384. The van der Waals surface area contributed by atoms with Crippen LogP contribution in [-0.2, 0) is 9.53 Å². The van der Waals surface area contributed by atoms with E-state index in [1.165, 1.54) is 12.8 Å². The SMILES string of the molecule is COC1CCCN(CCCCC(C)(C)C(=O)O)C1. The lowest BCUT2D eigenvalue weighted by Gasteiger charge is -2.32. The Morgan fingerprint density at radius 2 is 2.17 bits per heavy atom. The summed E-state index contributed by atoms with van der Waals surface area (Å²) in [7, 11) is 1.78. The van der Waals surface area contributed by atoms with Crippen LogP contribution in [0.25, 0.3) is 0 Å². The molecule has 0 aromatic carbocycles. The van der Waals surface area contributed by atoms with Crippen LogP contribution in [0.15, 0.2) is 0 Å². The van der Waals surface area contributed by atoms with Gasteiger partial charge in [-0.2, -0.15) is 0 Å². The number of rotatable bonds is 7. The summed E-state index contributed by atoms with van der Waals surface area (Å²) in [6.45, 7) is 6.85. The van der Waals surface area contributed by atoms with Crippen LogP contribution >= 0.6 is 0 Å². The van der Waals surface area contributed by atoms with Crippen molar-refractivity contribution >= 4 is 5.97 Å². The van der Waals surface area contributed by atoms with Gasteiger partial charge in [-0.25, -0.2) is 0 Å². The fourth-order valence-electron chi connectivity index (χ4n) is 2.42. The zero-order valence-electron chi connectivity index (χ0n) is 11.9. The number of methoxy groups -OCH3 is 1. The van der Waals surface area contributed by atoms with Crippen molar-refractivity contribution in [3.63, 3.8) is 0 Å². The summed E-state index contributed by atoms with van der Waals surface area (Å²) in [6.07, 6.45) is 5.57. The van der Waals surface area contributed by atoms with Gasteiger partial charge < -0.3 is 14.7 Å². The molecule has 0 aliphatic carbocycles. The number of carboxylic acid groups (broad SMARTS) is 1. The molecule has 1 saturated heterocycles. The monoisotopic (exact) mass is 257 g/mol. The van der Waals surface area contributed by atoms with E-state index >= 15 is 0 Å². The number of nitrogens with zero attached hydrogens (tertiary/aromatic N) is 1. The molecule has 1 atom stereocenters.